The van der Waals surface area contributed by atoms with Gasteiger partial charge in [-0.25, -0.2) is 13.4 Å². The van der Waals surface area contributed by atoms with E-state index in [0.29, 0.717) is 23.5 Å². The molecule has 1 N–H and O–H groups in total. The molecule has 1 aromatic carbocycles. The molecule has 25 heavy (non-hydrogen) atoms. The smallest absolute Gasteiger partial charge is 0.263 e. The molecule has 0 amide bonds. The third-order valence-electron chi connectivity index (χ3n) is 4.79. The Bertz CT molecular complexity index is 831. The average molecular weight is 380 g/mol. The normalized spacial score (nSPS) is 21.4. The molecule has 134 valence electrons. The van der Waals surface area contributed by atoms with Gasteiger partial charge in [0.05, 0.1) is 11.5 Å². The molecule has 0 saturated carbocycles. The zero-order valence-corrected chi connectivity index (χ0v) is 15.5. The number of nitrogens with one attached hydrogen (secondary N) is 1. The molecule has 1 saturated heterocycles. The monoisotopic (exact) mass is 379 g/mol. The number of anilines is 1. The van der Waals surface area contributed by atoms with Crippen molar-refractivity contribution in [3.63, 3.8) is 0 Å². The van der Waals surface area contributed by atoms with E-state index in [2.05, 4.69) is 14.6 Å². The minimum absolute atomic E-state index is 0.209. The summed E-state index contributed by atoms with van der Waals surface area (Å²) in [7, 11) is -3.65. The van der Waals surface area contributed by atoms with Crippen molar-refractivity contribution in [1.82, 2.24) is 9.88 Å². The van der Waals surface area contributed by atoms with Crippen LogP contribution in [0.5, 0.6) is 5.75 Å². The summed E-state index contributed by atoms with van der Waals surface area (Å²) in [5, 5.41) is 2.10. The molecule has 0 spiro atoms. The van der Waals surface area contributed by atoms with Crippen LogP contribution >= 0.6 is 11.3 Å². The summed E-state index contributed by atoms with van der Waals surface area (Å²) in [6.45, 7) is 2.84. The van der Waals surface area contributed by atoms with E-state index in [1.54, 1.807) is 23.7 Å². The maximum atomic E-state index is 12.6. The van der Waals surface area contributed by atoms with Crippen molar-refractivity contribution >= 4 is 26.5 Å². The summed E-state index contributed by atoms with van der Waals surface area (Å²) < 4.78 is 33.4. The zero-order chi connectivity index (χ0) is 17.3. The molecule has 0 aliphatic carbocycles. The summed E-state index contributed by atoms with van der Waals surface area (Å²) in [5.41, 5.74) is 1.10. The van der Waals surface area contributed by atoms with Crippen LogP contribution in [0.2, 0.25) is 0 Å². The van der Waals surface area contributed by atoms with Gasteiger partial charge in [0.1, 0.15) is 5.75 Å². The van der Waals surface area contributed by atoms with Crippen molar-refractivity contribution in [1.29, 1.82) is 0 Å². The van der Waals surface area contributed by atoms with Crippen molar-refractivity contribution in [2.24, 2.45) is 0 Å². The lowest BCUT2D eigenvalue weighted by Crippen LogP contribution is -2.36. The predicted molar refractivity (Wildman–Crippen MR) is 97.6 cm³/mol. The fourth-order valence-corrected chi connectivity index (χ4v) is 5.38. The second-order valence-electron chi connectivity index (χ2n) is 6.39. The summed E-state index contributed by atoms with van der Waals surface area (Å²) in [6, 6.07) is 5.54. The molecule has 1 aromatic heterocycles. The quantitative estimate of drug-likeness (QED) is 0.883. The van der Waals surface area contributed by atoms with E-state index in [1.807, 2.05) is 6.07 Å². The standard InChI is InChI=1S/C17H21N3O3S2/c21-25(22,19-17-18-7-11-24-17)13-4-5-14-15(6-10-23-16(14)12-13)20-8-2-1-3-9-20/h4-5,7,11-12,15H,1-3,6,8-10H2,(H,18,19)/t15-/m0/s1. The number of benzene rings is 1. The van der Waals surface area contributed by atoms with E-state index in [4.69, 9.17) is 4.74 Å². The number of sulfonamides is 1. The van der Waals surface area contributed by atoms with Crippen molar-refractivity contribution < 1.29 is 13.2 Å². The van der Waals surface area contributed by atoms with Crippen LogP contribution in [0.1, 0.15) is 37.3 Å². The van der Waals surface area contributed by atoms with E-state index < -0.39 is 10.0 Å². The number of likely N-dealkylation sites (tertiary alicyclic amines) is 1. The van der Waals surface area contributed by atoms with Gasteiger partial charge in [0.2, 0.25) is 0 Å². The highest BCUT2D eigenvalue weighted by molar-refractivity contribution is 7.93. The third kappa shape index (κ3) is 3.51. The lowest BCUT2D eigenvalue weighted by Gasteiger charge is -2.38. The minimum atomic E-state index is -3.65. The van der Waals surface area contributed by atoms with Gasteiger partial charge < -0.3 is 4.74 Å². The summed E-state index contributed by atoms with van der Waals surface area (Å²) >= 11 is 1.25. The topological polar surface area (TPSA) is 71.5 Å². The molecule has 4 rings (SSSR count). The second-order valence-corrected chi connectivity index (χ2v) is 8.97. The highest BCUT2D eigenvalue weighted by Crippen LogP contribution is 2.38. The van der Waals surface area contributed by atoms with Gasteiger partial charge in [-0.05, 0) is 32.0 Å². The largest absolute Gasteiger partial charge is 0.493 e. The molecular weight excluding hydrogens is 358 g/mol. The number of nitrogens with zero attached hydrogens (tertiary/aromatic N) is 2. The molecule has 6 nitrogen and oxygen atoms in total. The van der Waals surface area contributed by atoms with Crippen LogP contribution < -0.4 is 9.46 Å². The van der Waals surface area contributed by atoms with Gasteiger partial charge in [-0.3, -0.25) is 9.62 Å². The molecular formula is C17H21N3O3S2. The molecule has 0 unspecified atom stereocenters. The Morgan fingerprint density at radius 3 is 2.84 bits per heavy atom. The predicted octanol–water partition coefficient (Wildman–Crippen LogP) is 3.25. The minimum Gasteiger partial charge on any atom is -0.493 e. The maximum Gasteiger partial charge on any atom is 0.263 e. The van der Waals surface area contributed by atoms with Crippen molar-refractivity contribution in [2.45, 2.75) is 36.6 Å². The molecule has 2 aliphatic heterocycles. The summed E-state index contributed by atoms with van der Waals surface area (Å²) in [4.78, 5) is 6.69. The van der Waals surface area contributed by atoms with Crippen LogP contribution in [0.25, 0.3) is 0 Å². The maximum absolute atomic E-state index is 12.6. The van der Waals surface area contributed by atoms with E-state index in [0.717, 1.165) is 25.1 Å². The first-order valence-corrected chi connectivity index (χ1v) is 10.9. The summed E-state index contributed by atoms with van der Waals surface area (Å²) in [5.74, 6) is 0.684. The molecule has 0 radical (unpaired) electrons. The SMILES string of the molecule is O=S(=O)(Nc1nccs1)c1ccc2c(c1)OCC[C@@H]2N1CCCCC1. The molecule has 2 aliphatic rings. The van der Waals surface area contributed by atoms with Crippen LogP contribution in [0.15, 0.2) is 34.7 Å². The Kier molecular flexibility index (Phi) is 4.66. The fourth-order valence-electron chi connectivity index (χ4n) is 3.58. The van der Waals surface area contributed by atoms with Crippen molar-refractivity contribution in [3.05, 3.63) is 35.3 Å². The van der Waals surface area contributed by atoms with Gasteiger partial charge in [0.15, 0.2) is 5.13 Å². The molecule has 3 heterocycles. The van der Waals surface area contributed by atoms with Crippen molar-refractivity contribution in [2.75, 3.05) is 24.4 Å². The Morgan fingerprint density at radius 2 is 2.08 bits per heavy atom. The van der Waals surface area contributed by atoms with Crippen LogP contribution in [-0.2, 0) is 10.0 Å². The molecule has 1 atom stereocenters. The molecule has 1 fully saturated rings. The van der Waals surface area contributed by atoms with Crippen molar-refractivity contribution in [3.8, 4) is 5.75 Å². The van der Waals surface area contributed by atoms with Gasteiger partial charge in [0, 0.05) is 35.7 Å². The van der Waals surface area contributed by atoms with Gasteiger partial charge in [0.25, 0.3) is 10.0 Å². The number of thiazole rings is 1. The Morgan fingerprint density at radius 1 is 1.24 bits per heavy atom. The van der Waals surface area contributed by atoms with E-state index >= 15 is 0 Å². The lowest BCUT2D eigenvalue weighted by atomic mass is 9.97. The van der Waals surface area contributed by atoms with E-state index in [1.165, 1.54) is 30.6 Å². The fraction of sp³-hybridized carbons (Fsp3) is 0.471. The second kappa shape index (κ2) is 6.93. The van der Waals surface area contributed by atoms with Crippen LogP contribution in [0.3, 0.4) is 0 Å². The highest BCUT2D eigenvalue weighted by Gasteiger charge is 2.29. The first kappa shape index (κ1) is 16.8. The van der Waals surface area contributed by atoms with Crippen LogP contribution in [-0.4, -0.2) is 38.0 Å². The number of fused-ring (bicyclic) bond motifs is 1. The number of rotatable bonds is 4. The summed E-state index contributed by atoms with van der Waals surface area (Å²) in [6.07, 6.45) is 6.29. The van der Waals surface area contributed by atoms with E-state index in [-0.39, 0.29) is 4.90 Å². The third-order valence-corrected chi connectivity index (χ3v) is 6.94. The number of hydrogen-bond donors (Lipinski definition) is 1. The first-order valence-electron chi connectivity index (χ1n) is 8.56. The number of piperidine rings is 1. The molecule has 8 heteroatoms. The Hall–Kier alpha value is -1.64. The average Bonchev–Trinajstić information content (AvgIpc) is 3.14. The molecule has 2 aromatic rings. The first-order chi connectivity index (χ1) is 12.1. The van der Waals surface area contributed by atoms with Gasteiger partial charge in [-0.2, -0.15) is 0 Å². The number of ether oxygens (including phenoxy) is 1. The van der Waals surface area contributed by atoms with Crippen LogP contribution in [0.4, 0.5) is 5.13 Å². The van der Waals surface area contributed by atoms with Gasteiger partial charge in [-0.15, -0.1) is 11.3 Å². The number of hydrogen-bond acceptors (Lipinski definition) is 6. The Balaban J connectivity index is 1.61. The van der Waals surface area contributed by atoms with E-state index in [9.17, 15) is 8.42 Å². The molecule has 0 bridgehead atoms. The van der Waals surface area contributed by atoms with Gasteiger partial charge >= 0.3 is 0 Å². The number of aromatic nitrogens is 1. The Labute approximate surface area is 151 Å². The zero-order valence-electron chi connectivity index (χ0n) is 13.8. The van der Waals surface area contributed by atoms with Gasteiger partial charge in [-0.1, -0.05) is 12.5 Å². The lowest BCUT2D eigenvalue weighted by molar-refractivity contribution is 0.119. The van der Waals surface area contributed by atoms with Crippen LogP contribution in [0, 0.1) is 0 Å². The highest BCUT2D eigenvalue weighted by atomic mass is 32.2.